The fourth-order valence-electron chi connectivity index (χ4n) is 3.01. The van der Waals surface area contributed by atoms with Crippen LogP contribution in [0.25, 0.3) is 0 Å². The summed E-state index contributed by atoms with van der Waals surface area (Å²) in [7, 11) is 0. The molecule has 2 aliphatic heterocycles. The first kappa shape index (κ1) is 15.5. The van der Waals surface area contributed by atoms with Gasteiger partial charge in [0.05, 0.1) is 5.69 Å². The number of anilines is 1. The van der Waals surface area contributed by atoms with Gasteiger partial charge in [-0.2, -0.15) is 0 Å². The molecule has 0 aromatic heterocycles. The molecule has 0 saturated carbocycles. The van der Waals surface area contributed by atoms with Crippen LogP contribution >= 0.6 is 0 Å². The third-order valence-electron chi connectivity index (χ3n) is 4.21. The average molecular weight is 318 g/mol. The van der Waals surface area contributed by atoms with E-state index in [-0.39, 0.29) is 24.7 Å². The molecule has 0 radical (unpaired) electrons. The Bertz CT molecular complexity index is 658. The van der Waals surface area contributed by atoms with Crippen LogP contribution in [0.2, 0.25) is 0 Å². The molecule has 2 aliphatic rings. The number of benzene rings is 1. The highest BCUT2D eigenvalue weighted by Crippen LogP contribution is 2.29. The molecule has 0 bridgehead atoms. The van der Waals surface area contributed by atoms with E-state index in [1.165, 1.54) is 0 Å². The van der Waals surface area contributed by atoms with E-state index < -0.39 is 12.0 Å². The number of carboxylic acid groups (broad SMARTS) is 1. The molecule has 7 nitrogen and oxygen atoms in total. The van der Waals surface area contributed by atoms with Crippen LogP contribution in [0.5, 0.6) is 5.75 Å². The van der Waals surface area contributed by atoms with Crippen molar-refractivity contribution in [3.8, 4) is 5.75 Å². The van der Waals surface area contributed by atoms with Crippen molar-refractivity contribution >= 4 is 23.3 Å². The van der Waals surface area contributed by atoms with Gasteiger partial charge in [0.1, 0.15) is 11.8 Å². The molecule has 1 atom stereocenters. The molecule has 1 aromatic rings. The Morgan fingerprint density at radius 1 is 1.39 bits per heavy atom. The minimum absolute atomic E-state index is 0.0568. The predicted molar refractivity (Wildman–Crippen MR) is 81.7 cm³/mol. The number of likely N-dealkylation sites (tertiary alicyclic amines) is 1. The lowest BCUT2D eigenvalue weighted by molar-refractivity contribution is -0.142. The summed E-state index contributed by atoms with van der Waals surface area (Å²) in [6.07, 6.45) is 1.74. The Labute approximate surface area is 133 Å². The van der Waals surface area contributed by atoms with Gasteiger partial charge in [-0.25, -0.2) is 0 Å². The first-order valence-electron chi connectivity index (χ1n) is 7.61. The van der Waals surface area contributed by atoms with Crippen LogP contribution < -0.4 is 10.1 Å². The number of Topliss-reactive ketones (excluding diaryl/α,β-unsaturated/α-hetero) is 1. The monoisotopic (exact) mass is 318 g/mol. The molecule has 2 heterocycles. The largest absolute Gasteiger partial charge is 0.482 e. The molecule has 7 heteroatoms. The van der Waals surface area contributed by atoms with E-state index in [1.807, 2.05) is 4.90 Å². The van der Waals surface area contributed by atoms with Crippen LogP contribution in [0.4, 0.5) is 5.69 Å². The third kappa shape index (κ3) is 3.34. The third-order valence-corrected chi connectivity index (χ3v) is 4.21. The lowest BCUT2D eigenvalue weighted by Gasteiger charge is -2.21. The van der Waals surface area contributed by atoms with E-state index in [2.05, 4.69) is 5.32 Å². The zero-order chi connectivity index (χ0) is 16.4. The second-order valence-electron chi connectivity index (χ2n) is 5.75. The number of nitrogens with one attached hydrogen (secondary N) is 1. The summed E-state index contributed by atoms with van der Waals surface area (Å²) in [6, 6.07) is 4.44. The number of aliphatic carboxylic acids is 1. The van der Waals surface area contributed by atoms with Crippen molar-refractivity contribution in [2.45, 2.75) is 25.3 Å². The number of carbonyl (C=O) groups excluding carboxylic acids is 2. The first-order valence-corrected chi connectivity index (χ1v) is 7.61. The Morgan fingerprint density at radius 3 is 3.00 bits per heavy atom. The van der Waals surface area contributed by atoms with Crippen molar-refractivity contribution in [2.24, 2.45) is 0 Å². The highest BCUT2D eigenvalue weighted by Gasteiger charge is 2.30. The topological polar surface area (TPSA) is 95.9 Å². The smallest absolute Gasteiger partial charge is 0.320 e. The van der Waals surface area contributed by atoms with Crippen molar-refractivity contribution in [1.82, 2.24) is 4.90 Å². The first-order chi connectivity index (χ1) is 11.0. The Balaban J connectivity index is 1.62. The van der Waals surface area contributed by atoms with Gasteiger partial charge in [-0.05, 0) is 37.6 Å². The molecule has 1 saturated heterocycles. The number of amides is 1. The summed E-state index contributed by atoms with van der Waals surface area (Å²) in [5.41, 5.74) is 1.06. The summed E-state index contributed by atoms with van der Waals surface area (Å²) in [6.45, 7) is 1.09. The molecule has 0 spiro atoms. The zero-order valence-electron chi connectivity index (χ0n) is 12.6. The van der Waals surface area contributed by atoms with Crippen molar-refractivity contribution < 1.29 is 24.2 Å². The number of ketones is 1. The van der Waals surface area contributed by atoms with Crippen molar-refractivity contribution in [2.75, 3.05) is 25.0 Å². The minimum atomic E-state index is -0.826. The second-order valence-corrected chi connectivity index (χ2v) is 5.75. The van der Waals surface area contributed by atoms with Gasteiger partial charge in [-0.1, -0.05) is 0 Å². The lowest BCUT2D eigenvalue weighted by atomic mass is 10.1. The Morgan fingerprint density at radius 2 is 2.22 bits per heavy atom. The molecular weight excluding hydrogens is 300 g/mol. The number of carbonyl (C=O) groups is 3. The Kier molecular flexibility index (Phi) is 4.29. The van der Waals surface area contributed by atoms with Crippen molar-refractivity contribution in [1.29, 1.82) is 0 Å². The van der Waals surface area contributed by atoms with Crippen LogP contribution in [0.1, 0.15) is 29.6 Å². The summed E-state index contributed by atoms with van der Waals surface area (Å²) < 4.78 is 5.30. The normalized spacial score (nSPS) is 20.5. The summed E-state index contributed by atoms with van der Waals surface area (Å²) in [4.78, 5) is 36.5. The van der Waals surface area contributed by atoms with Gasteiger partial charge >= 0.3 is 5.97 Å². The van der Waals surface area contributed by atoms with E-state index in [1.54, 1.807) is 18.2 Å². The molecule has 1 aromatic carbocycles. The minimum Gasteiger partial charge on any atom is -0.482 e. The average Bonchev–Trinajstić information content (AvgIpc) is 3.00. The maximum Gasteiger partial charge on any atom is 0.320 e. The highest BCUT2D eigenvalue weighted by atomic mass is 16.5. The van der Waals surface area contributed by atoms with Crippen LogP contribution in [0, 0.1) is 0 Å². The lowest BCUT2D eigenvalue weighted by Crippen LogP contribution is -2.37. The van der Waals surface area contributed by atoms with Gasteiger partial charge in [-0.15, -0.1) is 0 Å². The highest BCUT2D eigenvalue weighted by molar-refractivity contribution is 6.00. The quantitative estimate of drug-likeness (QED) is 0.790. The number of rotatable bonds is 5. The van der Waals surface area contributed by atoms with Gasteiger partial charge in [-0.3, -0.25) is 19.3 Å². The van der Waals surface area contributed by atoms with E-state index in [0.717, 1.165) is 6.42 Å². The van der Waals surface area contributed by atoms with Gasteiger partial charge in [0.2, 0.25) is 0 Å². The zero-order valence-corrected chi connectivity index (χ0v) is 12.6. The fraction of sp³-hybridized carbons (Fsp3) is 0.438. The number of nitrogens with zero attached hydrogens (tertiary/aromatic N) is 1. The van der Waals surface area contributed by atoms with E-state index >= 15 is 0 Å². The molecule has 1 amide bonds. The van der Waals surface area contributed by atoms with Crippen molar-refractivity contribution in [3.63, 3.8) is 0 Å². The SMILES string of the molecule is O=C1COc2cc(C(=O)CCN3CCCC3C(=O)O)ccc2N1. The Hall–Kier alpha value is -2.41. The number of fused-ring (bicyclic) bond motifs is 1. The van der Waals surface area contributed by atoms with E-state index in [9.17, 15) is 14.4 Å². The fourth-order valence-corrected chi connectivity index (χ4v) is 3.01. The van der Waals surface area contributed by atoms with Gasteiger partial charge in [0, 0.05) is 18.5 Å². The van der Waals surface area contributed by atoms with Crippen LogP contribution in [-0.4, -0.2) is 53.4 Å². The molecule has 1 fully saturated rings. The summed E-state index contributed by atoms with van der Waals surface area (Å²) in [5, 5.41) is 11.8. The van der Waals surface area contributed by atoms with Gasteiger partial charge in [0.25, 0.3) is 5.91 Å². The molecule has 23 heavy (non-hydrogen) atoms. The van der Waals surface area contributed by atoms with Crippen LogP contribution in [0.15, 0.2) is 18.2 Å². The molecule has 122 valence electrons. The molecule has 3 rings (SSSR count). The number of ether oxygens (including phenoxy) is 1. The van der Waals surface area contributed by atoms with Gasteiger partial charge < -0.3 is 15.2 Å². The maximum atomic E-state index is 12.3. The molecule has 1 unspecified atom stereocenters. The number of carboxylic acids is 1. The number of hydrogen-bond acceptors (Lipinski definition) is 5. The van der Waals surface area contributed by atoms with E-state index in [4.69, 9.17) is 9.84 Å². The predicted octanol–water partition coefficient (Wildman–Crippen LogP) is 1.14. The van der Waals surface area contributed by atoms with Crippen LogP contribution in [-0.2, 0) is 9.59 Å². The molecular formula is C16H18N2O5. The maximum absolute atomic E-state index is 12.3. The molecule has 2 N–H and O–H groups in total. The standard InChI is InChI=1S/C16H18N2O5/c19-13(5-7-18-6-1-2-12(18)16(21)22)10-3-4-11-14(8-10)23-9-15(20)17-11/h3-4,8,12H,1-2,5-7,9H2,(H,17,20)(H,21,22). The summed E-state index contributed by atoms with van der Waals surface area (Å²) >= 11 is 0. The second kappa shape index (κ2) is 6.37. The van der Waals surface area contributed by atoms with E-state index in [0.29, 0.717) is 36.5 Å². The van der Waals surface area contributed by atoms with Crippen LogP contribution in [0.3, 0.4) is 0 Å². The summed E-state index contributed by atoms with van der Waals surface area (Å²) in [5.74, 6) is -0.623. The van der Waals surface area contributed by atoms with Gasteiger partial charge in [0.15, 0.2) is 12.4 Å². The molecule has 0 aliphatic carbocycles. The number of hydrogen-bond donors (Lipinski definition) is 2. The van der Waals surface area contributed by atoms with Crippen molar-refractivity contribution in [3.05, 3.63) is 23.8 Å².